The molecule has 1 aromatic heterocycles. The zero-order chi connectivity index (χ0) is 7.97. The Bertz CT molecular complexity index is 274. The lowest BCUT2D eigenvalue weighted by Gasteiger charge is -1.99. The Morgan fingerprint density at radius 3 is 1.33 bits per heavy atom. The van der Waals surface area contributed by atoms with E-state index in [1.54, 1.807) is 0 Å². The van der Waals surface area contributed by atoms with Crippen LogP contribution in [0, 0.1) is 0 Å². The molecule has 4 heteroatoms. The highest BCUT2D eigenvalue weighted by Gasteiger charge is 2.19. The summed E-state index contributed by atoms with van der Waals surface area (Å²) in [5, 5.41) is 6.49. The Labute approximate surface area is 70.4 Å². The standard InChI is InChI=1S/C8H10N4/c1-5-6(2-9-1)12-8-4-10-3-7(8)11-5/h9-10H,1-4H2. The van der Waals surface area contributed by atoms with Gasteiger partial charge in [0.05, 0.1) is 22.8 Å². The summed E-state index contributed by atoms with van der Waals surface area (Å²) in [4.78, 5) is 9.09. The summed E-state index contributed by atoms with van der Waals surface area (Å²) < 4.78 is 0. The van der Waals surface area contributed by atoms with Crippen LogP contribution in [0.1, 0.15) is 22.8 Å². The summed E-state index contributed by atoms with van der Waals surface area (Å²) in [6, 6.07) is 0. The molecule has 62 valence electrons. The summed E-state index contributed by atoms with van der Waals surface area (Å²) in [6.07, 6.45) is 0. The fraction of sp³-hybridized carbons (Fsp3) is 0.500. The van der Waals surface area contributed by atoms with Gasteiger partial charge in [0, 0.05) is 26.2 Å². The lowest BCUT2D eigenvalue weighted by atomic mass is 10.3. The van der Waals surface area contributed by atoms with Crippen LogP contribution in [0.3, 0.4) is 0 Å². The fourth-order valence-electron chi connectivity index (χ4n) is 1.75. The van der Waals surface area contributed by atoms with Crippen LogP contribution in [0.4, 0.5) is 0 Å². The van der Waals surface area contributed by atoms with Gasteiger partial charge in [-0.2, -0.15) is 0 Å². The Balaban J connectivity index is 2.18. The van der Waals surface area contributed by atoms with Crippen molar-refractivity contribution in [3.63, 3.8) is 0 Å². The fourth-order valence-corrected chi connectivity index (χ4v) is 1.75. The number of nitrogens with zero attached hydrogens (tertiary/aromatic N) is 2. The van der Waals surface area contributed by atoms with Gasteiger partial charge in [-0.05, 0) is 0 Å². The molecular formula is C8H10N4. The van der Waals surface area contributed by atoms with Crippen LogP contribution in [0.2, 0.25) is 0 Å². The van der Waals surface area contributed by atoms with Gasteiger partial charge in [0.15, 0.2) is 0 Å². The molecule has 2 aliphatic heterocycles. The Kier molecular flexibility index (Phi) is 1.22. The number of hydrogen-bond acceptors (Lipinski definition) is 4. The van der Waals surface area contributed by atoms with Crippen molar-refractivity contribution >= 4 is 0 Å². The van der Waals surface area contributed by atoms with Gasteiger partial charge in [-0.15, -0.1) is 0 Å². The van der Waals surface area contributed by atoms with E-state index in [1.165, 1.54) is 0 Å². The van der Waals surface area contributed by atoms with E-state index in [9.17, 15) is 0 Å². The van der Waals surface area contributed by atoms with Crippen molar-refractivity contribution in [3.8, 4) is 0 Å². The second-order valence-corrected chi connectivity index (χ2v) is 3.22. The molecule has 0 fully saturated rings. The molecule has 3 heterocycles. The predicted octanol–water partition coefficient (Wildman–Crippen LogP) is -0.317. The monoisotopic (exact) mass is 162 g/mol. The van der Waals surface area contributed by atoms with Crippen molar-refractivity contribution < 1.29 is 0 Å². The first-order valence-corrected chi connectivity index (χ1v) is 4.22. The molecule has 0 atom stereocenters. The molecule has 3 rings (SSSR count). The van der Waals surface area contributed by atoms with Crippen LogP contribution in [0.15, 0.2) is 0 Å². The third-order valence-corrected chi connectivity index (χ3v) is 2.38. The second kappa shape index (κ2) is 2.24. The highest BCUT2D eigenvalue weighted by molar-refractivity contribution is 5.25. The highest BCUT2D eigenvalue weighted by Crippen LogP contribution is 2.16. The third-order valence-electron chi connectivity index (χ3n) is 2.38. The predicted molar refractivity (Wildman–Crippen MR) is 43.1 cm³/mol. The largest absolute Gasteiger partial charge is 0.305 e. The zero-order valence-electron chi connectivity index (χ0n) is 6.72. The Morgan fingerprint density at radius 2 is 1.00 bits per heavy atom. The molecule has 0 spiro atoms. The van der Waals surface area contributed by atoms with Crippen molar-refractivity contribution in [2.45, 2.75) is 26.2 Å². The summed E-state index contributed by atoms with van der Waals surface area (Å²) in [6.45, 7) is 3.54. The molecule has 0 saturated heterocycles. The quantitative estimate of drug-likeness (QED) is 0.549. The van der Waals surface area contributed by atoms with Gasteiger partial charge in [-0.1, -0.05) is 0 Å². The normalized spacial score (nSPS) is 19.3. The van der Waals surface area contributed by atoms with Crippen molar-refractivity contribution in [1.82, 2.24) is 20.6 Å². The molecule has 4 nitrogen and oxygen atoms in total. The first-order valence-electron chi connectivity index (χ1n) is 4.22. The van der Waals surface area contributed by atoms with Crippen molar-refractivity contribution in [2.75, 3.05) is 0 Å². The zero-order valence-corrected chi connectivity index (χ0v) is 6.72. The highest BCUT2D eigenvalue weighted by atomic mass is 15.0. The number of aromatic nitrogens is 2. The summed E-state index contributed by atoms with van der Waals surface area (Å²) >= 11 is 0. The second-order valence-electron chi connectivity index (χ2n) is 3.22. The maximum atomic E-state index is 4.55. The molecule has 1 aromatic rings. The molecule has 0 bridgehead atoms. The third kappa shape index (κ3) is 0.790. The van der Waals surface area contributed by atoms with E-state index in [-0.39, 0.29) is 0 Å². The van der Waals surface area contributed by atoms with Crippen molar-refractivity contribution in [3.05, 3.63) is 22.8 Å². The number of hydrogen-bond donors (Lipinski definition) is 2. The minimum absolute atomic E-state index is 0.885. The first-order chi connectivity index (χ1) is 5.93. The van der Waals surface area contributed by atoms with Gasteiger partial charge < -0.3 is 10.6 Å². The molecule has 0 amide bonds. The summed E-state index contributed by atoms with van der Waals surface area (Å²) in [5.41, 5.74) is 4.55. The molecule has 0 unspecified atom stereocenters. The van der Waals surface area contributed by atoms with Gasteiger partial charge in [-0.25, -0.2) is 0 Å². The number of nitrogens with one attached hydrogen (secondary N) is 2. The minimum Gasteiger partial charge on any atom is -0.305 e. The molecule has 0 saturated carbocycles. The van der Waals surface area contributed by atoms with E-state index in [2.05, 4.69) is 20.6 Å². The summed E-state index contributed by atoms with van der Waals surface area (Å²) in [7, 11) is 0. The smallest absolute Gasteiger partial charge is 0.0774 e. The number of rotatable bonds is 0. The van der Waals surface area contributed by atoms with Crippen LogP contribution in [0.5, 0.6) is 0 Å². The maximum absolute atomic E-state index is 4.55. The van der Waals surface area contributed by atoms with Gasteiger partial charge in [-0.3, -0.25) is 9.97 Å². The summed E-state index contributed by atoms with van der Waals surface area (Å²) in [5.74, 6) is 0. The van der Waals surface area contributed by atoms with E-state index in [0.29, 0.717) is 0 Å². The molecular weight excluding hydrogens is 152 g/mol. The molecule has 0 radical (unpaired) electrons. The van der Waals surface area contributed by atoms with Crippen LogP contribution >= 0.6 is 0 Å². The van der Waals surface area contributed by atoms with Gasteiger partial charge in [0.1, 0.15) is 0 Å². The molecule has 2 N–H and O–H groups in total. The molecule has 2 aliphatic rings. The Morgan fingerprint density at radius 1 is 0.667 bits per heavy atom. The van der Waals surface area contributed by atoms with Crippen molar-refractivity contribution in [2.24, 2.45) is 0 Å². The van der Waals surface area contributed by atoms with E-state index in [0.717, 1.165) is 49.0 Å². The average molecular weight is 162 g/mol. The van der Waals surface area contributed by atoms with E-state index >= 15 is 0 Å². The van der Waals surface area contributed by atoms with Gasteiger partial charge >= 0.3 is 0 Å². The van der Waals surface area contributed by atoms with Crippen LogP contribution in [-0.2, 0) is 26.2 Å². The molecule has 0 aliphatic carbocycles. The molecule has 12 heavy (non-hydrogen) atoms. The maximum Gasteiger partial charge on any atom is 0.0774 e. The van der Waals surface area contributed by atoms with Gasteiger partial charge in [0.2, 0.25) is 0 Å². The topological polar surface area (TPSA) is 49.8 Å². The number of fused-ring (bicyclic) bond motifs is 2. The van der Waals surface area contributed by atoms with Crippen LogP contribution in [-0.4, -0.2) is 9.97 Å². The minimum atomic E-state index is 0.885. The van der Waals surface area contributed by atoms with E-state index < -0.39 is 0 Å². The lowest BCUT2D eigenvalue weighted by molar-refractivity contribution is 0.731. The first kappa shape index (κ1) is 6.51. The SMILES string of the molecule is C1NCc2nc3c(nc21)CNC3. The van der Waals surface area contributed by atoms with E-state index in [4.69, 9.17) is 0 Å². The van der Waals surface area contributed by atoms with E-state index in [1.807, 2.05) is 0 Å². The van der Waals surface area contributed by atoms with Crippen molar-refractivity contribution in [1.29, 1.82) is 0 Å². The lowest BCUT2D eigenvalue weighted by Crippen LogP contribution is -2.03. The van der Waals surface area contributed by atoms with Crippen LogP contribution < -0.4 is 10.6 Å². The average Bonchev–Trinajstić information content (AvgIpc) is 2.64. The Hall–Kier alpha value is -1.00. The molecule has 0 aromatic carbocycles. The van der Waals surface area contributed by atoms with Gasteiger partial charge in [0.25, 0.3) is 0 Å². The van der Waals surface area contributed by atoms with Crippen LogP contribution in [0.25, 0.3) is 0 Å².